The zero-order valence-corrected chi connectivity index (χ0v) is 9.48. The lowest BCUT2D eigenvalue weighted by molar-refractivity contribution is -0.390. The molecule has 0 spiro atoms. The molecular weight excluding hydrogens is 262 g/mol. The van der Waals surface area contributed by atoms with Gasteiger partial charge in [-0.05, 0) is 31.1 Å². The second-order valence-electron chi connectivity index (χ2n) is 5.38. The van der Waals surface area contributed by atoms with Crippen LogP contribution in [-0.2, 0) is 0 Å². The summed E-state index contributed by atoms with van der Waals surface area (Å²) in [5.74, 6) is -2.19. The van der Waals surface area contributed by atoms with Gasteiger partial charge in [-0.2, -0.15) is 26.3 Å². The van der Waals surface area contributed by atoms with Gasteiger partial charge in [-0.25, -0.2) is 0 Å². The van der Waals surface area contributed by atoms with Crippen molar-refractivity contribution in [2.75, 3.05) is 0 Å². The fourth-order valence-corrected chi connectivity index (χ4v) is 3.52. The SMILES string of the molecule is OC(C1CCC2CCC1C2)(C(F)(F)F)C(F)(F)F. The van der Waals surface area contributed by atoms with Crippen molar-refractivity contribution >= 4 is 0 Å². The smallest absolute Gasteiger partial charge is 0.373 e. The van der Waals surface area contributed by atoms with Crippen LogP contribution < -0.4 is 0 Å². The maximum absolute atomic E-state index is 12.7. The zero-order chi connectivity index (χ0) is 13.8. The van der Waals surface area contributed by atoms with Gasteiger partial charge in [0.15, 0.2) is 0 Å². The molecule has 0 radical (unpaired) electrons. The maximum atomic E-state index is 12.7. The summed E-state index contributed by atoms with van der Waals surface area (Å²) in [5, 5.41) is 9.38. The molecule has 2 fully saturated rings. The molecule has 106 valence electrons. The molecule has 2 aliphatic rings. The Morgan fingerprint density at radius 2 is 1.28 bits per heavy atom. The van der Waals surface area contributed by atoms with Crippen molar-refractivity contribution in [1.82, 2.24) is 0 Å². The lowest BCUT2D eigenvalue weighted by Gasteiger charge is -2.43. The van der Waals surface area contributed by atoms with Crippen LogP contribution in [0, 0.1) is 17.8 Å². The highest BCUT2D eigenvalue weighted by Gasteiger charge is 2.74. The van der Waals surface area contributed by atoms with Crippen LogP contribution >= 0.6 is 0 Å². The first kappa shape index (κ1) is 14.0. The van der Waals surface area contributed by atoms with E-state index in [4.69, 9.17) is 0 Å². The number of hydrogen-bond acceptors (Lipinski definition) is 1. The molecule has 2 bridgehead atoms. The molecule has 0 aromatic heterocycles. The molecule has 0 aromatic rings. The van der Waals surface area contributed by atoms with Crippen LogP contribution in [-0.4, -0.2) is 23.1 Å². The number of alkyl halides is 6. The normalized spacial score (nSPS) is 33.8. The third-order valence-electron chi connectivity index (χ3n) is 4.44. The third kappa shape index (κ3) is 1.90. The highest BCUT2D eigenvalue weighted by molar-refractivity contribution is 5.04. The Labute approximate surface area is 100 Å². The molecule has 2 rings (SSSR count). The van der Waals surface area contributed by atoms with Crippen molar-refractivity contribution < 1.29 is 31.4 Å². The third-order valence-corrected chi connectivity index (χ3v) is 4.44. The van der Waals surface area contributed by atoms with Crippen molar-refractivity contribution in [3.05, 3.63) is 0 Å². The van der Waals surface area contributed by atoms with Crippen LogP contribution in [0.25, 0.3) is 0 Å². The average Bonchev–Trinajstić information content (AvgIpc) is 2.56. The first-order chi connectivity index (χ1) is 8.07. The summed E-state index contributed by atoms with van der Waals surface area (Å²) in [7, 11) is 0. The largest absolute Gasteiger partial charge is 0.426 e. The molecule has 2 saturated carbocycles. The molecule has 3 atom stereocenters. The summed E-state index contributed by atoms with van der Waals surface area (Å²) in [4.78, 5) is 0. The molecular formula is C11H14F6O. The van der Waals surface area contributed by atoms with Crippen molar-refractivity contribution in [2.24, 2.45) is 17.8 Å². The minimum Gasteiger partial charge on any atom is -0.373 e. The molecule has 7 heteroatoms. The Kier molecular flexibility index (Phi) is 3.11. The maximum Gasteiger partial charge on any atom is 0.426 e. The van der Waals surface area contributed by atoms with E-state index in [1.54, 1.807) is 0 Å². The lowest BCUT2D eigenvalue weighted by atomic mass is 9.70. The number of rotatable bonds is 1. The van der Waals surface area contributed by atoms with Crippen LogP contribution in [0.1, 0.15) is 32.1 Å². The van der Waals surface area contributed by atoms with Crippen LogP contribution in [0.4, 0.5) is 26.3 Å². The number of aliphatic hydroxyl groups is 1. The van der Waals surface area contributed by atoms with Gasteiger partial charge < -0.3 is 5.11 Å². The number of hydrogen-bond donors (Lipinski definition) is 1. The van der Waals surface area contributed by atoms with E-state index in [-0.39, 0.29) is 12.3 Å². The van der Waals surface area contributed by atoms with Crippen LogP contribution in [0.3, 0.4) is 0 Å². The molecule has 0 aromatic carbocycles. The standard InChI is InChI=1S/C11H14F6O/c12-10(13,14)9(18,11(15,16)17)8-4-2-6-1-3-7(8)5-6/h6-8,18H,1-5H2. The number of fused-ring (bicyclic) bond motifs is 2. The molecule has 0 amide bonds. The predicted molar refractivity (Wildman–Crippen MR) is 50.6 cm³/mol. The highest BCUT2D eigenvalue weighted by Crippen LogP contribution is 2.57. The van der Waals surface area contributed by atoms with Crippen molar-refractivity contribution in [3.8, 4) is 0 Å². The summed E-state index contributed by atoms with van der Waals surface area (Å²) >= 11 is 0. The van der Waals surface area contributed by atoms with Crippen molar-refractivity contribution in [3.63, 3.8) is 0 Å². The number of halogens is 6. The first-order valence-corrected chi connectivity index (χ1v) is 5.93. The monoisotopic (exact) mass is 276 g/mol. The predicted octanol–water partition coefficient (Wildman–Crippen LogP) is 3.67. The average molecular weight is 276 g/mol. The van der Waals surface area contributed by atoms with E-state index in [2.05, 4.69) is 0 Å². The van der Waals surface area contributed by atoms with E-state index < -0.39 is 29.8 Å². The molecule has 18 heavy (non-hydrogen) atoms. The Morgan fingerprint density at radius 1 is 0.778 bits per heavy atom. The topological polar surface area (TPSA) is 20.2 Å². The van der Waals surface area contributed by atoms with Crippen molar-refractivity contribution in [1.29, 1.82) is 0 Å². The minimum atomic E-state index is -5.68. The first-order valence-electron chi connectivity index (χ1n) is 5.93. The van der Waals surface area contributed by atoms with E-state index in [1.807, 2.05) is 0 Å². The van der Waals surface area contributed by atoms with Gasteiger partial charge in [-0.1, -0.05) is 12.8 Å². The van der Waals surface area contributed by atoms with Gasteiger partial charge in [0.1, 0.15) is 0 Å². The summed E-state index contributed by atoms with van der Waals surface area (Å²) in [6.07, 6.45) is -9.81. The molecule has 1 N–H and O–H groups in total. The van der Waals surface area contributed by atoms with Crippen molar-refractivity contribution in [2.45, 2.75) is 50.1 Å². The highest BCUT2D eigenvalue weighted by atomic mass is 19.4. The second kappa shape index (κ2) is 4.02. The Balaban J connectivity index is 2.36. The van der Waals surface area contributed by atoms with Crippen LogP contribution in [0.2, 0.25) is 0 Å². The molecule has 0 heterocycles. The fourth-order valence-electron chi connectivity index (χ4n) is 3.52. The van der Waals surface area contributed by atoms with Crippen LogP contribution in [0.15, 0.2) is 0 Å². The van der Waals surface area contributed by atoms with Gasteiger partial charge in [-0.15, -0.1) is 0 Å². The van der Waals surface area contributed by atoms with E-state index in [1.165, 1.54) is 0 Å². The van der Waals surface area contributed by atoms with Gasteiger partial charge in [0.05, 0.1) is 0 Å². The summed E-state index contributed by atoms with van der Waals surface area (Å²) in [6.45, 7) is 0. The van der Waals surface area contributed by atoms with E-state index in [0.29, 0.717) is 25.7 Å². The Bertz CT molecular complexity index is 306. The van der Waals surface area contributed by atoms with E-state index in [9.17, 15) is 31.4 Å². The van der Waals surface area contributed by atoms with E-state index >= 15 is 0 Å². The lowest BCUT2D eigenvalue weighted by Crippen LogP contribution is -2.63. The summed E-state index contributed by atoms with van der Waals surface area (Å²) in [6, 6.07) is 0. The Hall–Kier alpha value is -0.460. The fraction of sp³-hybridized carbons (Fsp3) is 1.00. The molecule has 0 saturated heterocycles. The summed E-state index contributed by atoms with van der Waals surface area (Å²) in [5.41, 5.74) is -4.56. The summed E-state index contributed by atoms with van der Waals surface area (Å²) < 4.78 is 76.4. The molecule has 2 aliphatic carbocycles. The quantitative estimate of drug-likeness (QED) is 0.724. The molecule has 1 nitrogen and oxygen atoms in total. The second-order valence-corrected chi connectivity index (χ2v) is 5.38. The van der Waals surface area contributed by atoms with E-state index in [0.717, 1.165) is 0 Å². The van der Waals surface area contributed by atoms with Gasteiger partial charge in [0.25, 0.3) is 5.60 Å². The van der Waals surface area contributed by atoms with Crippen LogP contribution in [0.5, 0.6) is 0 Å². The molecule has 0 aliphatic heterocycles. The molecule has 3 unspecified atom stereocenters. The van der Waals surface area contributed by atoms with Gasteiger partial charge in [0, 0.05) is 5.92 Å². The van der Waals surface area contributed by atoms with Gasteiger partial charge in [0.2, 0.25) is 0 Å². The van der Waals surface area contributed by atoms with Gasteiger partial charge in [-0.3, -0.25) is 0 Å². The Morgan fingerprint density at radius 3 is 1.78 bits per heavy atom. The zero-order valence-electron chi connectivity index (χ0n) is 9.48. The van der Waals surface area contributed by atoms with Gasteiger partial charge >= 0.3 is 12.4 Å². The minimum absolute atomic E-state index is 0.204.